The van der Waals surface area contributed by atoms with Gasteiger partial charge in [-0.05, 0) is 111 Å². The number of rotatable bonds is 2. The molecule has 5 unspecified atom stereocenters. The highest BCUT2D eigenvalue weighted by molar-refractivity contribution is 5.85. The average molecular weight is 455 g/mol. The Kier molecular flexibility index (Phi) is 4.99. The van der Waals surface area contributed by atoms with Crippen LogP contribution in [0.1, 0.15) is 106 Å². The topological polar surface area (TPSA) is 54.4 Å². The minimum absolute atomic E-state index is 0.164. The number of hydrogen-bond acceptors (Lipinski definition) is 2. The molecule has 0 bridgehead atoms. The van der Waals surface area contributed by atoms with Crippen molar-refractivity contribution < 1.29 is 14.7 Å². The number of carboxylic acid groups (broad SMARTS) is 1. The fraction of sp³-hybridized carbons (Fsp3) is 0.867. The highest BCUT2D eigenvalue weighted by Crippen LogP contribution is 2.77. The van der Waals surface area contributed by atoms with Gasteiger partial charge in [0.2, 0.25) is 0 Å². The maximum Gasteiger partial charge on any atom is 0.309 e. The van der Waals surface area contributed by atoms with Crippen molar-refractivity contribution in [1.82, 2.24) is 0 Å². The molecular weight excluding hydrogens is 408 g/mol. The maximum atomic E-state index is 12.9. The molecular formula is C30H46O3. The second-order valence-corrected chi connectivity index (χ2v) is 14.3. The summed E-state index contributed by atoms with van der Waals surface area (Å²) in [7, 11) is 0. The van der Waals surface area contributed by atoms with E-state index in [1.54, 1.807) is 0 Å². The molecule has 5 rings (SSSR count). The summed E-state index contributed by atoms with van der Waals surface area (Å²) in [6.45, 7) is 18.5. The predicted octanol–water partition coefficient (Wildman–Crippen LogP) is 7.30. The molecule has 9 atom stereocenters. The minimum Gasteiger partial charge on any atom is -0.481 e. The summed E-state index contributed by atoms with van der Waals surface area (Å²) in [4.78, 5) is 25.7. The standard InChI is InChI=1S/C30H46O3/c1-18(2)19-10-15-30(25(32)33)17-16-28(6)20(24(19)30)8-9-22-27(5)13-12-23(31)26(3,4)21(27)11-14-29(22,28)7/h19-22,24H,1,8-17H2,2-7H3,(H,32,33)/t19-,20?,21?,22?,24?,27-,28+,29?,30-/m0/s1. The van der Waals surface area contributed by atoms with Crippen LogP contribution < -0.4 is 0 Å². The molecule has 0 amide bonds. The Hall–Kier alpha value is -1.12. The smallest absolute Gasteiger partial charge is 0.309 e. The van der Waals surface area contributed by atoms with Crippen molar-refractivity contribution in [1.29, 1.82) is 0 Å². The van der Waals surface area contributed by atoms with Crippen molar-refractivity contribution in [2.24, 2.45) is 56.7 Å². The molecule has 5 aliphatic rings. The lowest BCUT2D eigenvalue weighted by Gasteiger charge is -2.72. The number of ketones is 1. The minimum atomic E-state index is -0.547. The molecule has 3 heteroatoms. The Morgan fingerprint density at radius 2 is 1.58 bits per heavy atom. The van der Waals surface area contributed by atoms with Gasteiger partial charge in [0.1, 0.15) is 5.78 Å². The van der Waals surface area contributed by atoms with Crippen LogP contribution in [0.25, 0.3) is 0 Å². The fourth-order valence-corrected chi connectivity index (χ4v) is 11.3. The van der Waals surface area contributed by atoms with Crippen LogP contribution in [0.15, 0.2) is 12.2 Å². The van der Waals surface area contributed by atoms with Gasteiger partial charge >= 0.3 is 5.97 Å². The molecule has 33 heavy (non-hydrogen) atoms. The number of carbonyl (C=O) groups excluding carboxylic acids is 1. The number of allylic oxidation sites excluding steroid dienone is 1. The van der Waals surface area contributed by atoms with E-state index in [4.69, 9.17) is 0 Å². The van der Waals surface area contributed by atoms with E-state index < -0.39 is 11.4 Å². The number of hydrogen-bond donors (Lipinski definition) is 1. The Balaban J connectivity index is 1.57. The van der Waals surface area contributed by atoms with Crippen LogP contribution in [0, 0.1) is 56.7 Å². The summed E-state index contributed by atoms with van der Waals surface area (Å²) in [5.74, 6) is 2.07. The number of Topliss-reactive ketones (excluding diaryl/α,β-unsaturated/α-hetero) is 1. The van der Waals surface area contributed by atoms with Gasteiger partial charge in [-0.1, -0.05) is 46.8 Å². The highest BCUT2D eigenvalue weighted by atomic mass is 16.4. The van der Waals surface area contributed by atoms with Crippen molar-refractivity contribution in [2.45, 2.75) is 106 Å². The number of aliphatic carboxylic acids is 1. The summed E-state index contributed by atoms with van der Waals surface area (Å²) in [6, 6.07) is 0. The fourth-order valence-electron chi connectivity index (χ4n) is 11.3. The average Bonchev–Trinajstić information content (AvgIpc) is 3.13. The SMILES string of the molecule is C=C(C)[C@@H]1CC[C@]2(C(=O)O)CC[C@]3(C)C(CCC4C3(C)CCC3C(C)(C)C(=O)CC[C@@]34C)C12. The molecule has 0 aromatic rings. The summed E-state index contributed by atoms with van der Waals surface area (Å²) < 4.78 is 0. The van der Waals surface area contributed by atoms with E-state index in [0.717, 1.165) is 51.4 Å². The largest absolute Gasteiger partial charge is 0.481 e. The van der Waals surface area contributed by atoms with E-state index >= 15 is 0 Å². The van der Waals surface area contributed by atoms with Gasteiger partial charge in [-0.25, -0.2) is 0 Å². The van der Waals surface area contributed by atoms with Crippen molar-refractivity contribution in [2.75, 3.05) is 0 Å². The lowest BCUT2D eigenvalue weighted by molar-refractivity contribution is -0.235. The number of carbonyl (C=O) groups is 2. The first kappa shape index (κ1) is 23.6. The van der Waals surface area contributed by atoms with Crippen molar-refractivity contribution >= 4 is 11.8 Å². The molecule has 0 spiro atoms. The van der Waals surface area contributed by atoms with Gasteiger partial charge in [0.15, 0.2) is 0 Å². The zero-order valence-corrected chi connectivity index (χ0v) is 21.9. The molecule has 0 aliphatic heterocycles. The van der Waals surface area contributed by atoms with Gasteiger partial charge in [0.05, 0.1) is 5.41 Å². The van der Waals surface area contributed by atoms with Crippen LogP contribution in [0.4, 0.5) is 0 Å². The van der Waals surface area contributed by atoms with Gasteiger partial charge < -0.3 is 5.11 Å². The molecule has 0 radical (unpaired) electrons. The van der Waals surface area contributed by atoms with E-state index in [1.165, 1.54) is 18.4 Å². The molecule has 3 nitrogen and oxygen atoms in total. The Labute approximate surface area is 201 Å². The van der Waals surface area contributed by atoms with Crippen molar-refractivity contribution in [3.8, 4) is 0 Å². The number of carboxylic acids is 1. The first-order valence-electron chi connectivity index (χ1n) is 13.7. The molecule has 184 valence electrons. The zero-order valence-electron chi connectivity index (χ0n) is 21.9. The number of fused-ring (bicyclic) bond motifs is 7. The van der Waals surface area contributed by atoms with E-state index in [2.05, 4.69) is 48.1 Å². The maximum absolute atomic E-state index is 12.9. The third-order valence-corrected chi connectivity index (χ3v) is 13.2. The normalized spacial score (nSPS) is 52.8. The monoisotopic (exact) mass is 454 g/mol. The Morgan fingerprint density at radius 1 is 0.879 bits per heavy atom. The summed E-state index contributed by atoms with van der Waals surface area (Å²) in [5, 5.41) is 10.5. The van der Waals surface area contributed by atoms with Crippen LogP contribution in [0.5, 0.6) is 0 Å². The quantitative estimate of drug-likeness (QED) is 0.445. The first-order valence-corrected chi connectivity index (χ1v) is 13.7. The van der Waals surface area contributed by atoms with E-state index in [-0.39, 0.29) is 27.6 Å². The lowest BCUT2D eigenvalue weighted by Crippen LogP contribution is -2.66. The Morgan fingerprint density at radius 3 is 2.21 bits per heavy atom. The third-order valence-electron chi connectivity index (χ3n) is 13.2. The molecule has 0 heterocycles. The van der Waals surface area contributed by atoms with Gasteiger partial charge in [-0.3, -0.25) is 9.59 Å². The van der Waals surface area contributed by atoms with Gasteiger partial charge in [-0.15, -0.1) is 0 Å². The molecule has 0 saturated heterocycles. The van der Waals surface area contributed by atoms with Crippen LogP contribution in [0.3, 0.4) is 0 Å². The van der Waals surface area contributed by atoms with Gasteiger partial charge in [0, 0.05) is 11.8 Å². The van der Waals surface area contributed by atoms with Crippen LogP contribution in [-0.4, -0.2) is 16.9 Å². The molecule has 0 aromatic heterocycles. The molecule has 5 aliphatic carbocycles. The zero-order chi connectivity index (χ0) is 24.2. The Bertz CT molecular complexity index is 902. The summed E-state index contributed by atoms with van der Waals surface area (Å²) in [6.07, 6.45) is 10.1. The van der Waals surface area contributed by atoms with Crippen molar-refractivity contribution in [3.05, 3.63) is 12.2 Å². The van der Waals surface area contributed by atoms with Gasteiger partial charge in [0.25, 0.3) is 0 Å². The molecule has 5 saturated carbocycles. The molecule has 0 aromatic carbocycles. The summed E-state index contributed by atoms with van der Waals surface area (Å²) in [5.41, 5.74) is 1.03. The van der Waals surface area contributed by atoms with Crippen LogP contribution in [-0.2, 0) is 9.59 Å². The second-order valence-electron chi connectivity index (χ2n) is 14.3. The summed E-state index contributed by atoms with van der Waals surface area (Å²) >= 11 is 0. The van der Waals surface area contributed by atoms with E-state index in [0.29, 0.717) is 29.5 Å². The van der Waals surface area contributed by atoms with Gasteiger partial charge in [-0.2, -0.15) is 0 Å². The van der Waals surface area contributed by atoms with E-state index in [9.17, 15) is 14.7 Å². The van der Waals surface area contributed by atoms with E-state index in [1.807, 2.05) is 0 Å². The van der Waals surface area contributed by atoms with Crippen LogP contribution in [0.2, 0.25) is 0 Å². The lowest BCUT2D eigenvalue weighted by atomic mass is 9.32. The molecule has 5 fully saturated rings. The van der Waals surface area contributed by atoms with Crippen molar-refractivity contribution in [3.63, 3.8) is 0 Å². The van der Waals surface area contributed by atoms with Crippen LogP contribution >= 0.6 is 0 Å². The highest BCUT2D eigenvalue weighted by Gasteiger charge is 2.72. The predicted molar refractivity (Wildman–Crippen MR) is 132 cm³/mol. The third kappa shape index (κ3) is 2.69. The second kappa shape index (κ2) is 6.97. The first-order chi connectivity index (χ1) is 15.3. The molecule has 1 N–H and O–H groups in total.